The molecule has 3 N–H and O–H groups in total. The molecule has 0 heterocycles. The SMILES string of the molecule is NC(=O)c1ccccc1NC(=O)c1cc(Cl)ccc1[N+](=O)[O-]. The first kappa shape index (κ1) is 15.5. The molecule has 0 atom stereocenters. The lowest BCUT2D eigenvalue weighted by atomic mass is 10.1. The van der Waals surface area contributed by atoms with Crippen molar-refractivity contribution < 1.29 is 14.5 Å². The van der Waals surface area contributed by atoms with Gasteiger partial charge in [-0.3, -0.25) is 19.7 Å². The van der Waals surface area contributed by atoms with Gasteiger partial charge in [0.25, 0.3) is 17.5 Å². The largest absolute Gasteiger partial charge is 0.366 e. The molecule has 0 radical (unpaired) electrons. The summed E-state index contributed by atoms with van der Waals surface area (Å²) in [4.78, 5) is 33.8. The number of carbonyl (C=O) groups is 2. The van der Waals surface area contributed by atoms with Crippen molar-refractivity contribution >= 4 is 34.8 Å². The van der Waals surface area contributed by atoms with Gasteiger partial charge in [-0.1, -0.05) is 23.7 Å². The normalized spacial score (nSPS) is 10.0. The van der Waals surface area contributed by atoms with E-state index in [1.807, 2.05) is 0 Å². The lowest BCUT2D eigenvalue weighted by Gasteiger charge is -2.09. The van der Waals surface area contributed by atoms with Crippen molar-refractivity contribution in [2.75, 3.05) is 5.32 Å². The first-order valence-electron chi connectivity index (χ1n) is 6.04. The topological polar surface area (TPSA) is 115 Å². The van der Waals surface area contributed by atoms with E-state index in [-0.39, 0.29) is 21.8 Å². The Kier molecular flexibility index (Phi) is 4.38. The van der Waals surface area contributed by atoms with Gasteiger partial charge in [0.15, 0.2) is 0 Å². The average molecular weight is 320 g/mol. The number of rotatable bonds is 4. The van der Waals surface area contributed by atoms with E-state index in [4.69, 9.17) is 17.3 Å². The molecule has 7 nitrogen and oxygen atoms in total. The maximum absolute atomic E-state index is 12.2. The molecular formula is C14H10ClN3O4. The third kappa shape index (κ3) is 3.21. The molecule has 22 heavy (non-hydrogen) atoms. The van der Waals surface area contributed by atoms with Crippen LogP contribution in [0.4, 0.5) is 11.4 Å². The van der Waals surface area contributed by atoms with Gasteiger partial charge in [-0.05, 0) is 24.3 Å². The Balaban J connectivity index is 2.40. The van der Waals surface area contributed by atoms with Gasteiger partial charge in [0, 0.05) is 11.1 Å². The quantitative estimate of drug-likeness (QED) is 0.665. The Morgan fingerprint density at radius 2 is 1.82 bits per heavy atom. The zero-order valence-corrected chi connectivity index (χ0v) is 11.8. The number of hydrogen-bond acceptors (Lipinski definition) is 4. The summed E-state index contributed by atoms with van der Waals surface area (Å²) < 4.78 is 0. The van der Waals surface area contributed by atoms with E-state index in [9.17, 15) is 19.7 Å². The van der Waals surface area contributed by atoms with Crippen LogP contribution in [0.25, 0.3) is 0 Å². The maximum atomic E-state index is 12.2. The number of nitrogens with zero attached hydrogens (tertiary/aromatic N) is 1. The molecule has 0 bridgehead atoms. The van der Waals surface area contributed by atoms with Crippen LogP contribution in [0.5, 0.6) is 0 Å². The second-order valence-corrected chi connectivity index (χ2v) is 4.72. The van der Waals surface area contributed by atoms with Crippen molar-refractivity contribution in [1.29, 1.82) is 0 Å². The Morgan fingerprint density at radius 1 is 1.14 bits per heavy atom. The molecule has 112 valence electrons. The number of halogens is 1. The third-order valence-electron chi connectivity index (χ3n) is 2.84. The number of anilines is 1. The molecular weight excluding hydrogens is 310 g/mol. The minimum absolute atomic E-state index is 0.0977. The summed E-state index contributed by atoms with van der Waals surface area (Å²) >= 11 is 5.77. The van der Waals surface area contributed by atoms with Gasteiger partial charge >= 0.3 is 0 Å². The molecule has 0 saturated heterocycles. The number of benzene rings is 2. The van der Waals surface area contributed by atoms with Gasteiger partial charge < -0.3 is 11.1 Å². The van der Waals surface area contributed by atoms with E-state index in [1.165, 1.54) is 24.3 Å². The van der Waals surface area contributed by atoms with E-state index in [0.717, 1.165) is 6.07 Å². The van der Waals surface area contributed by atoms with Gasteiger partial charge in [-0.15, -0.1) is 0 Å². The first-order chi connectivity index (χ1) is 10.4. The van der Waals surface area contributed by atoms with Gasteiger partial charge in [0.2, 0.25) is 0 Å². The number of nitro benzene ring substituents is 1. The molecule has 2 amide bonds. The summed E-state index contributed by atoms with van der Waals surface area (Å²) in [6.45, 7) is 0. The fraction of sp³-hybridized carbons (Fsp3) is 0. The predicted molar refractivity (Wildman–Crippen MR) is 81.0 cm³/mol. The minimum atomic E-state index is -0.761. The van der Waals surface area contributed by atoms with Gasteiger partial charge in [0.1, 0.15) is 5.56 Å². The lowest BCUT2D eigenvalue weighted by Crippen LogP contribution is -2.19. The van der Waals surface area contributed by atoms with E-state index >= 15 is 0 Å². The number of primary amides is 1. The van der Waals surface area contributed by atoms with Crippen LogP contribution in [0.1, 0.15) is 20.7 Å². The Labute approximate surface area is 129 Å². The van der Waals surface area contributed by atoms with Gasteiger partial charge in [-0.2, -0.15) is 0 Å². The zero-order chi connectivity index (χ0) is 16.3. The van der Waals surface area contributed by atoms with E-state index in [2.05, 4.69) is 5.32 Å². The van der Waals surface area contributed by atoms with Crippen molar-refractivity contribution in [3.8, 4) is 0 Å². The number of nitro groups is 1. The smallest absolute Gasteiger partial charge is 0.282 e. The maximum Gasteiger partial charge on any atom is 0.282 e. The zero-order valence-electron chi connectivity index (χ0n) is 11.1. The van der Waals surface area contributed by atoms with Crippen LogP contribution in [-0.2, 0) is 0 Å². The Morgan fingerprint density at radius 3 is 2.45 bits per heavy atom. The standard InChI is InChI=1S/C14H10ClN3O4/c15-8-5-6-12(18(21)22)10(7-8)14(20)17-11-4-2-1-3-9(11)13(16)19/h1-7H,(H2,16,19)(H,17,20). The monoisotopic (exact) mass is 319 g/mol. The average Bonchev–Trinajstić information content (AvgIpc) is 2.47. The van der Waals surface area contributed by atoms with Crippen LogP contribution in [0, 0.1) is 10.1 Å². The van der Waals surface area contributed by atoms with Crippen molar-refractivity contribution in [1.82, 2.24) is 0 Å². The van der Waals surface area contributed by atoms with Crippen molar-refractivity contribution in [2.45, 2.75) is 0 Å². The van der Waals surface area contributed by atoms with Crippen LogP contribution in [0.3, 0.4) is 0 Å². The summed E-state index contributed by atoms with van der Waals surface area (Å²) in [6.07, 6.45) is 0. The first-order valence-corrected chi connectivity index (χ1v) is 6.42. The van der Waals surface area contributed by atoms with Crippen molar-refractivity contribution in [3.63, 3.8) is 0 Å². The fourth-order valence-corrected chi connectivity index (χ4v) is 2.02. The lowest BCUT2D eigenvalue weighted by molar-refractivity contribution is -0.385. The van der Waals surface area contributed by atoms with Crippen LogP contribution >= 0.6 is 11.6 Å². The van der Waals surface area contributed by atoms with Crippen molar-refractivity contribution in [2.24, 2.45) is 5.73 Å². The number of hydrogen-bond donors (Lipinski definition) is 2. The highest BCUT2D eigenvalue weighted by Crippen LogP contribution is 2.24. The molecule has 0 aliphatic rings. The number of amides is 2. The highest BCUT2D eigenvalue weighted by atomic mass is 35.5. The molecule has 0 aromatic heterocycles. The number of para-hydroxylation sites is 1. The molecule has 0 unspecified atom stereocenters. The second kappa shape index (κ2) is 6.23. The summed E-state index contributed by atoms with van der Waals surface area (Å²) in [5.41, 5.74) is 4.87. The Hall–Kier alpha value is -2.93. The highest BCUT2D eigenvalue weighted by Gasteiger charge is 2.21. The highest BCUT2D eigenvalue weighted by molar-refractivity contribution is 6.31. The summed E-state index contributed by atoms with van der Waals surface area (Å²) in [5.74, 6) is -1.49. The van der Waals surface area contributed by atoms with Crippen LogP contribution < -0.4 is 11.1 Å². The molecule has 2 rings (SSSR count). The molecule has 0 aliphatic carbocycles. The van der Waals surface area contributed by atoms with Gasteiger partial charge in [0.05, 0.1) is 16.2 Å². The van der Waals surface area contributed by atoms with Crippen LogP contribution in [0.2, 0.25) is 5.02 Å². The third-order valence-corrected chi connectivity index (χ3v) is 3.08. The number of nitrogens with one attached hydrogen (secondary N) is 1. The van der Waals surface area contributed by atoms with E-state index in [0.29, 0.717) is 0 Å². The summed E-state index contributed by atoms with van der Waals surface area (Å²) in [6, 6.07) is 9.71. The van der Waals surface area contributed by atoms with E-state index < -0.39 is 22.4 Å². The summed E-state index contributed by atoms with van der Waals surface area (Å²) in [7, 11) is 0. The minimum Gasteiger partial charge on any atom is -0.366 e. The fourth-order valence-electron chi connectivity index (χ4n) is 1.85. The molecule has 2 aromatic carbocycles. The molecule has 2 aromatic rings. The molecule has 0 saturated carbocycles. The predicted octanol–water partition coefficient (Wildman–Crippen LogP) is 2.60. The second-order valence-electron chi connectivity index (χ2n) is 4.28. The van der Waals surface area contributed by atoms with Crippen molar-refractivity contribution in [3.05, 3.63) is 68.7 Å². The van der Waals surface area contributed by atoms with Gasteiger partial charge in [-0.25, -0.2) is 0 Å². The number of nitrogens with two attached hydrogens (primary N) is 1. The molecule has 8 heteroatoms. The van der Waals surface area contributed by atoms with E-state index in [1.54, 1.807) is 12.1 Å². The Bertz CT molecular complexity index is 776. The molecule has 0 aliphatic heterocycles. The van der Waals surface area contributed by atoms with Crippen LogP contribution in [0.15, 0.2) is 42.5 Å². The molecule has 0 fully saturated rings. The number of carbonyl (C=O) groups excluding carboxylic acids is 2. The molecule has 0 spiro atoms. The van der Waals surface area contributed by atoms with Crippen LogP contribution in [-0.4, -0.2) is 16.7 Å². The summed E-state index contributed by atoms with van der Waals surface area (Å²) in [5, 5.41) is 13.6.